The van der Waals surface area contributed by atoms with Gasteiger partial charge in [-0.25, -0.2) is 0 Å². The average Bonchev–Trinajstić information content (AvgIpc) is 2.48. The number of hydrogen-bond donors (Lipinski definition) is 2. The number of carbonyl (C=O) groups excluding carboxylic acids is 1. The second-order valence-corrected chi connectivity index (χ2v) is 4.73. The lowest BCUT2D eigenvalue weighted by atomic mass is 10.0. The van der Waals surface area contributed by atoms with Crippen LogP contribution in [0, 0.1) is 0 Å². The van der Waals surface area contributed by atoms with Gasteiger partial charge in [0.2, 0.25) is 0 Å². The van der Waals surface area contributed by atoms with Crippen molar-refractivity contribution in [3.63, 3.8) is 0 Å². The van der Waals surface area contributed by atoms with Crippen LogP contribution in [0.2, 0.25) is 5.02 Å². The molecule has 1 aliphatic heterocycles. The van der Waals surface area contributed by atoms with Crippen molar-refractivity contribution in [2.75, 3.05) is 0 Å². The van der Waals surface area contributed by atoms with Gasteiger partial charge < -0.3 is 14.9 Å². The standard InChI is InChI=1S/C14H9ClO4/c15-8-2-1-7-3-10(16)9-5-11(17)12(18)6-14(9)19-13(7)4-8/h1-2,4-6,17-18H,3H2. The van der Waals surface area contributed by atoms with Gasteiger partial charge >= 0.3 is 0 Å². The van der Waals surface area contributed by atoms with E-state index < -0.39 is 0 Å². The predicted molar refractivity (Wildman–Crippen MR) is 69.3 cm³/mol. The molecule has 1 heterocycles. The van der Waals surface area contributed by atoms with Gasteiger partial charge in [0.05, 0.1) is 5.56 Å². The lowest BCUT2D eigenvalue weighted by Gasteiger charge is -2.09. The Morgan fingerprint density at radius 1 is 1.05 bits per heavy atom. The summed E-state index contributed by atoms with van der Waals surface area (Å²) in [5.41, 5.74) is 0.951. The first kappa shape index (κ1) is 11.9. The molecule has 2 aromatic carbocycles. The van der Waals surface area contributed by atoms with E-state index in [1.165, 1.54) is 12.1 Å². The molecule has 0 aliphatic carbocycles. The van der Waals surface area contributed by atoms with E-state index in [0.29, 0.717) is 16.3 Å². The van der Waals surface area contributed by atoms with Crippen molar-refractivity contribution in [2.45, 2.75) is 6.42 Å². The topological polar surface area (TPSA) is 66.8 Å². The molecule has 0 unspecified atom stereocenters. The van der Waals surface area contributed by atoms with Crippen LogP contribution in [0.15, 0.2) is 30.3 Å². The molecule has 0 saturated carbocycles. The third-order valence-electron chi connectivity index (χ3n) is 2.98. The van der Waals surface area contributed by atoms with E-state index >= 15 is 0 Å². The highest BCUT2D eigenvalue weighted by Gasteiger charge is 2.23. The Morgan fingerprint density at radius 2 is 1.79 bits per heavy atom. The summed E-state index contributed by atoms with van der Waals surface area (Å²) in [5, 5.41) is 19.5. The zero-order chi connectivity index (χ0) is 13.6. The van der Waals surface area contributed by atoms with Crippen molar-refractivity contribution >= 4 is 17.4 Å². The van der Waals surface area contributed by atoms with Gasteiger partial charge in [-0.1, -0.05) is 17.7 Å². The van der Waals surface area contributed by atoms with Crippen LogP contribution in [0.5, 0.6) is 23.0 Å². The summed E-state index contributed by atoms with van der Waals surface area (Å²) < 4.78 is 5.61. The maximum Gasteiger partial charge on any atom is 0.171 e. The predicted octanol–water partition coefficient (Wildman–Crippen LogP) is 3.28. The Kier molecular flexibility index (Phi) is 2.61. The molecule has 96 valence electrons. The molecule has 5 heteroatoms. The number of carbonyl (C=O) groups is 1. The fourth-order valence-corrected chi connectivity index (χ4v) is 2.18. The molecular formula is C14H9ClO4. The van der Waals surface area contributed by atoms with Gasteiger partial charge in [0.1, 0.15) is 11.5 Å². The Labute approximate surface area is 113 Å². The van der Waals surface area contributed by atoms with Crippen LogP contribution >= 0.6 is 11.6 Å². The summed E-state index contributed by atoms with van der Waals surface area (Å²) in [4.78, 5) is 12.1. The Bertz CT molecular complexity index is 694. The monoisotopic (exact) mass is 276 g/mol. The van der Waals surface area contributed by atoms with Crippen LogP contribution in [0.25, 0.3) is 0 Å². The zero-order valence-electron chi connectivity index (χ0n) is 9.68. The molecular weight excluding hydrogens is 268 g/mol. The molecule has 0 spiro atoms. The maximum absolute atomic E-state index is 12.1. The van der Waals surface area contributed by atoms with Crippen LogP contribution in [-0.2, 0) is 6.42 Å². The van der Waals surface area contributed by atoms with Crippen LogP contribution in [-0.4, -0.2) is 16.0 Å². The summed E-state index contributed by atoms with van der Waals surface area (Å²) in [5.74, 6) is -0.186. The molecule has 4 nitrogen and oxygen atoms in total. The fourth-order valence-electron chi connectivity index (χ4n) is 2.02. The summed E-state index contributed by atoms with van der Waals surface area (Å²) in [6, 6.07) is 7.45. The number of ether oxygens (including phenoxy) is 1. The van der Waals surface area contributed by atoms with Gasteiger partial charge in [-0.05, 0) is 18.2 Å². The summed E-state index contributed by atoms with van der Waals surface area (Å²) >= 11 is 5.90. The molecule has 1 aliphatic rings. The van der Waals surface area contributed by atoms with Crippen molar-refractivity contribution in [3.05, 3.63) is 46.5 Å². The molecule has 19 heavy (non-hydrogen) atoms. The minimum atomic E-state index is -0.348. The average molecular weight is 277 g/mol. The quantitative estimate of drug-likeness (QED) is 0.725. The van der Waals surface area contributed by atoms with Crippen molar-refractivity contribution in [2.24, 2.45) is 0 Å². The Hall–Kier alpha value is -2.20. The van der Waals surface area contributed by atoms with Crippen LogP contribution in [0.3, 0.4) is 0 Å². The summed E-state index contributed by atoms with van der Waals surface area (Å²) in [6.45, 7) is 0. The van der Waals surface area contributed by atoms with E-state index in [0.717, 1.165) is 0 Å². The van der Waals surface area contributed by atoms with Crippen molar-refractivity contribution in [3.8, 4) is 23.0 Å². The van der Waals surface area contributed by atoms with E-state index in [4.69, 9.17) is 16.3 Å². The van der Waals surface area contributed by atoms with Gasteiger partial charge in [0, 0.05) is 23.1 Å². The number of benzene rings is 2. The van der Waals surface area contributed by atoms with E-state index in [2.05, 4.69) is 0 Å². The number of fused-ring (bicyclic) bond motifs is 2. The number of Topliss-reactive ketones (excluding diaryl/α,β-unsaturated/α-hetero) is 1. The smallest absolute Gasteiger partial charge is 0.171 e. The second kappa shape index (κ2) is 4.17. The maximum atomic E-state index is 12.1. The van der Waals surface area contributed by atoms with Crippen molar-refractivity contribution < 1.29 is 19.7 Å². The third kappa shape index (κ3) is 2.00. The fraction of sp³-hybridized carbons (Fsp3) is 0.0714. The van der Waals surface area contributed by atoms with Crippen molar-refractivity contribution in [1.29, 1.82) is 0 Å². The molecule has 0 saturated heterocycles. The van der Waals surface area contributed by atoms with Crippen LogP contribution in [0.4, 0.5) is 0 Å². The first-order valence-electron chi connectivity index (χ1n) is 5.60. The van der Waals surface area contributed by atoms with Crippen molar-refractivity contribution in [1.82, 2.24) is 0 Å². The molecule has 0 amide bonds. The van der Waals surface area contributed by atoms with Gasteiger partial charge in [0.25, 0.3) is 0 Å². The number of rotatable bonds is 0. The largest absolute Gasteiger partial charge is 0.504 e. The number of phenols is 2. The molecule has 0 atom stereocenters. The molecule has 0 fully saturated rings. The minimum Gasteiger partial charge on any atom is -0.504 e. The Balaban J connectivity index is 2.19. The zero-order valence-corrected chi connectivity index (χ0v) is 10.4. The van der Waals surface area contributed by atoms with E-state index in [-0.39, 0.29) is 35.0 Å². The first-order valence-corrected chi connectivity index (χ1v) is 5.98. The third-order valence-corrected chi connectivity index (χ3v) is 3.21. The number of phenolic OH excluding ortho intramolecular Hbond substituents is 2. The van der Waals surface area contributed by atoms with Gasteiger partial charge in [-0.15, -0.1) is 0 Å². The van der Waals surface area contributed by atoms with Gasteiger partial charge in [-0.2, -0.15) is 0 Å². The van der Waals surface area contributed by atoms with Gasteiger partial charge in [0.15, 0.2) is 17.3 Å². The number of hydrogen-bond acceptors (Lipinski definition) is 4. The van der Waals surface area contributed by atoms with Crippen LogP contribution in [0.1, 0.15) is 15.9 Å². The first-order chi connectivity index (χ1) is 9.04. The highest BCUT2D eigenvalue weighted by molar-refractivity contribution is 6.30. The summed E-state index contributed by atoms with van der Waals surface area (Å²) in [7, 11) is 0. The lowest BCUT2D eigenvalue weighted by Crippen LogP contribution is -2.01. The van der Waals surface area contributed by atoms with E-state index in [9.17, 15) is 15.0 Å². The molecule has 0 aromatic heterocycles. The highest BCUT2D eigenvalue weighted by Crippen LogP contribution is 2.40. The number of aromatic hydroxyl groups is 2. The molecule has 3 rings (SSSR count). The van der Waals surface area contributed by atoms with E-state index in [1.54, 1.807) is 18.2 Å². The Morgan fingerprint density at radius 3 is 2.58 bits per heavy atom. The number of ketones is 1. The minimum absolute atomic E-state index is 0.156. The normalized spacial score (nSPS) is 13.2. The second-order valence-electron chi connectivity index (χ2n) is 4.29. The molecule has 0 radical (unpaired) electrons. The molecule has 2 N–H and O–H groups in total. The SMILES string of the molecule is O=C1Cc2ccc(Cl)cc2Oc2cc(O)c(O)cc21. The van der Waals surface area contributed by atoms with Gasteiger partial charge in [-0.3, -0.25) is 4.79 Å². The van der Waals surface area contributed by atoms with Crippen LogP contribution < -0.4 is 4.74 Å². The highest BCUT2D eigenvalue weighted by atomic mass is 35.5. The molecule has 2 aromatic rings. The molecule has 0 bridgehead atoms. The van der Waals surface area contributed by atoms with E-state index in [1.807, 2.05) is 0 Å². The summed E-state index contributed by atoms with van der Waals surface area (Å²) in [6.07, 6.45) is 0.156. The number of halogens is 1. The lowest BCUT2D eigenvalue weighted by molar-refractivity contribution is 0.0993.